The first-order valence-corrected chi connectivity index (χ1v) is 10.2. The molecule has 30 heavy (non-hydrogen) atoms. The van der Waals surface area contributed by atoms with Crippen molar-refractivity contribution < 1.29 is 9.53 Å². The number of nitrogens with zero attached hydrogens (tertiary/aromatic N) is 1. The number of hydrogen-bond acceptors (Lipinski definition) is 3. The zero-order valence-corrected chi connectivity index (χ0v) is 17.3. The van der Waals surface area contributed by atoms with Crippen molar-refractivity contribution in [3.8, 4) is 11.1 Å². The first kappa shape index (κ1) is 18.8. The number of rotatable bonds is 2. The minimum atomic E-state index is -0.767. The van der Waals surface area contributed by atoms with Gasteiger partial charge in [-0.25, -0.2) is 0 Å². The Kier molecular flexibility index (Phi) is 4.16. The summed E-state index contributed by atoms with van der Waals surface area (Å²) in [7, 11) is 1.74. The fourth-order valence-electron chi connectivity index (χ4n) is 4.66. The predicted molar refractivity (Wildman–Crippen MR) is 120 cm³/mol. The summed E-state index contributed by atoms with van der Waals surface area (Å²) in [5.41, 5.74) is 1.84. The molecule has 5 rings (SSSR count). The SMILES string of the molecule is Cn1c(C2OC(C)(C)CC2=O)c(-c2cccc3ccccc23)c2ccccc2c1=O. The largest absolute Gasteiger partial charge is 0.358 e. The summed E-state index contributed by atoms with van der Waals surface area (Å²) in [6.07, 6.45) is -0.440. The molecule has 4 aromatic rings. The molecular formula is C26H23NO3. The van der Waals surface area contributed by atoms with Crippen molar-refractivity contribution >= 4 is 27.3 Å². The van der Waals surface area contributed by atoms with Gasteiger partial charge in [-0.3, -0.25) is 9.59 Å². The molecule has 2 heterocycles. The van der Waals surface area contributed by atoms with Crippen LogP contribution < -0.4 is 5.56 Å². The summed E-state index contributed by atoms with van der Waals surface area (Å²) < 4.78 is 7.80. The third kappa shape index (κ3) is 2.79. The highest BCUT2D eigenvalue weighted by atomic mass is 16.5. The topological polar surface area (TPSA) is 48.3 Å². The lowest BCUT2D eigenvalue weighted by Gasteiger charge is -2.24. The maximum absolute atomic E-state index is 13.2. The molecule has 1 unspecified atom stereocenters. The molecule has 0 aliphatic carbocycles. The Morgan fingerprint density at radius 2 is 1.50 bits per heavy atom. The van der Waals surface area contributed by atoms with E-state index >= 15 is 0 Å². The summed E-state index contributed by atoms with van der Waals surface area (Å²) in [5, 5.41) is 3.66. The van der Waals surface area contributed by atoms with Gasteiger partial charge in [0.1, 0.15) is 0 Å². The fourth-order valence-corrected chi connectivity index (χ4v) is 4.66. The van der Waals surface area contributed by atoms with Crippen LogP contribution in [0.15, 0.2) is 71.5 Å². The lowest BCUT2D eigenvalue weighted by molar-refractivity contribution is -0.123. The van der Waals surface area contributed by atoms with Gasteiger partial charge in [0, 0.05) is 24.4 Å². The van der Waals surface area contributed by atoms with Crippen molar-refractivity contribution in [3.05, 3.63) is 82.8 Å². The lowest BCUT2D eigenvalue weighted by Crippen LogP contribution is -2.26. The van der Waals surface area contributed by atoms with Crippen LogP contribution in [-0.2, 0) is 16.6 Å². The molecule has 0 saturated carbocycles. The van der Waals surface area contributed by atoms with Crippen LogP contribution in [0.3, 0.4) is 0 Å². The second kappa shape index (κ2) is 6.64. The first-order chi connectivity index (χ1) is 14.4. The minimum Gasteiger partial charge on any atom is -0.358 e. The van der Waals surface area contributed by atoms with Crippen LogP contribution in [0.2, 0.25) is 0 Å². The van der Waals surface area contributed by atoms with E-state index in [1.807, 2.05) is 56.3 Å². The number of ether oxygens (including phenoxy) is 1. The predicted octanol–water partition coefficient (Wildman–Crippen LogP) is 5.17. The number of hydrogen-bond donors (Lipinski definition) is 0. The molecule has 0 spiro atoms. The van der Waals surface area contributed by atoms with E-state index in [1.165, 1.54) is 0 Å². The number of carbonyl (C=O) groups is 1. The molecule has 1 fully saturated rings. The van der Waals surface area contributed by atoms with Crippen molar-refractivity contribution in [1.82, 2.24) is 4.57 Å². The highest BCUT2D eigenvalue weighted by Gasteiger charge is 2.42. The van der Waals surface area contributed by atoms with Gasteiger partial charge in [0.15, 0.2) is 11.9 Å². The maximum Gasteiger partial charge on any atom is 0.258 e. The standard InChI is InChI=1S/C26H23NO3/c1-26(2)15-21(28)24(30-26)23-22(18-14-8-10-16-9-4-5-11-17(16)18)19-12-6-7-13-20(19)25(29)27(23)3/h4-14,24H,15H2,1-3H3. The Hall–Kier alpha value is -3.24. The van der Waals surface area contributed by atoms with Gasteiger partial charge < -0.3 is 9.30 Å². The van der Waals surface area contributed by atoms with E-state index in [4.69, 9.17) is 4.74 Å². The molecule has 4 nitrogen and oxygen atoms in total. The Morgan fingerprint density at radius 1 is 0.867 bits per heavy atom. The smallest absolute Gasteiger partial charge is 0.258 e. The van der Waals surface area contributed by atoms with E-state index in [9.17, 15) is 9.59 Å². The molecule has 0 bridgehead atoms. The minimum absolute atomic E-state index is 0.00627. The average Bonchev–Trinajstić information content (AvgIpc) is 3.02. The van der Waals surface area contributed by atoms with Gasteiger partial charge >= 0.3 is 0 Å². The molecule has 0 N–H and O–H groups in total. The van der Waals surface area contributed by atoms with E-state index in [2.05, 4.69) is 24.3 Å². The number of ketones is 1. The highest BCUT2D eigenvalue weighted by Crippen LogP contribution is 2.43. The second-order valence-electron chi connectivity index (χ2n) is 8.60. The molecule has 0 radical (unpaired) electrons. The zero-order valence-electron chi connectivity index (χ0n) is 17.3. The summed E-state index contributed by atoms with van der Waals surface area (Å²) in [5.74, 6) is 0.00627. The Morgan fingerprint density at radius 3 is 2.20 bits per heavy atom. The van der Waals surface area contributed by atoms with Gasteiger partial charge in [0.05, 0.1) is 11.3 Å². The number of Topliss-reactive ketones (excluding diaryl/α,β-unsaturated/α-hetero) is 1. The number of carbonyl (C=O) groups excluding carboxylic acids is 1. The van der Waals surface area contributed by atoms with Crippen molar-refractivity contribution in [1.29, 1.82) is 0 Å². The summed E-state index contributed by atoms with van der Waals surface area (Å²) in [6, 6.07) is 21.9. The average molecular weight is 397 g/mol. The molecule has 1 aliphatic rings. The van der Waals surface area contributed by atoms with Crippen LogP contribution >= 0.6 is 0 Å². The van der Waals surface area contributed by atoms with Crippen LogP contribution in [0.4, 0.5) is 0 Å². The van der Waals surface area contributed by atoms with Crippen LogP contribution in [0.5, 0.6) is 0 Å². The van der Waals surface area contributed by atoms with E-state index in [-0.39, 0.29) is 11.3 Å². The monoisotopic (exact) mass is 397 g/mol. The molecule has 4 heteroatoms. The molecule has 1 atom stereocenters. The lowest BCUT2D eigenvalue weighted by atomic mass is 9.90. The molecule has 150 valence electrons. The first-order valence-electron chi connectivity index (χ1n) is 10.2. The fraction of sp³-hybridized carbons (Fsp3) is 0.231. The van der Waals surface area contributed by atoms with Crippen LogP contribution in [0, 0.1) is 0 Å². The van der Waals surface area contributed by atoms with Gasteiger partial charge in [0.2, 0.25) is 0 Å². The molecule has 1 aliphatic heterocycles. The number of benzene rings is 3. The van der Waals surface area contributed by atoms with Gasteiger partial charge in [-0.2, -0.15) is 0 Å². The van der Waals surface area contributed by atoms with Crippen LogP contribution in [-0.4, -0.2) is 16.0 Å². The molecule has 0 amide bonds. The summed E-state index contributed by atoms with van der Waals surface area (Å²) in [6.45, 7) is 3.84. The number of fused-ring (bicyclic) bond motifs is 2. The van der Waals surface area contributed by atoms with E-state index < -0.39 is 11.7 Å². The summed E-state index contributed by atoms with van der Waals surface area (Å²) >= 11 is 0. The number of pyridine rings is 1. The van der Waals surface area contributed by atoms with Crippen molar-refractivity contribution in [2.45, 2.75) is 32.0 Å². The Balaban J connectivity index is 1.95. The molecule has 1 saturated heterocycles. The van der Waals surface area contributed by atoms with E-state index in [1.54, 1.807) is 11.6 Å². The normalized spacial score (nSPS) is 18.4. The van der Waals surface area contributed by atoms with Crippen molar-refractivity contribution in [3.63, 3.8) is 0 Å². The maximum atomic E-state index is 13.2. The molecular weight excluding hydrogens is 374 g/mol. The van der Waals surface area contributed by atoms with Crippen molar-refractivity contribution in [2.75, 3.05) is 0 Å². The van der Waals surface area contributed by atoms with Crippen molar-refractivity contribution in [2.24, 2.45) is 7.05 Å². The van der Waals surface area contributed by atoms with E-state index in [0.717, 1.165) is 27.3 Å². The van der Waals surface area contributed by atoms with E-state index in [0.29, 0.717) is 17.5 Å². The van der Waals surface area contributed by atoms with Gasteiger partial charge in [-0.1, -0.05) is 60.7 Å². The number of aromatic nitrogens is 1. The highest BCUT2D eigenvalue weighted by molar-refractivity contribution is 6.07. The Labute approximate surface area is 174 Å². The van der Waals surface area contributed by atoms with Crippen LogP contribution in [0.1, 0.15) is 32.1 Å². The van der Waals surface area contributed by atoms with Gasteiger partial charge in [0.25, 0.3) is 5.56 Å². The summed E-state index contributed by atoms with van der Waals surface area (Å²) in [4.78, 5) is 26.2. The quantitative estimate of drug-likeness (QED) is 0.469. The third-order valence-electron chi connectivity index (χ3n) is 5.99. The molecule has 3 aromatic carbocycles. The zero-order chi connectivity index (χ0) is 21.0. The van der Waals surface area contributed by atoms with Crippen LogP contribution in [0.25, 0.3) is 32.7 Å². The molecule has 1 aromatic heterocycles. The third-order valence-corrected chi connectivity index (χ3v) is 5.99. The Bertz CT molecular complexity index is 1380. The van der Waals surface area contributed by atoms with Gasteiger partial charge in [-0.05, 0) is 41.6 Å². The second-order valence-corrected chi connectivity index (χ2v) is 8.60. The van der Waals surface area contributed by atoms with Gasteiger partial charge in [-0.15, -0.1) is 0 Å².